The summed E-state index contributed by atoms with van der Waals surface area (Å²) in [6, 6.07) is 4.00. The van der Waals surface area contributed by atoms with Gasteiger partial charge in [0, 0.05) is 11.3 Å². The van der Waals surface area contributed by atoms with E-state index in [2.05, 4.69) is 10.3 Å². The van der Waals surface area contributed by atoms with Crippen LogP contribution in [0.25, 0.3) is 0 Å². The van der Waals surface area contributed by atoms with Crippen LogP contribution < -0.4 is 11.1 Å². The minimum atomic E-state index is -3.66. The highest BCUT2D eigenvalue weighted by Gasteiger charge is 2.58. The van der Waals surface area contributed by atoms with Crippen molar-refractivity contribution in [3.63, 3.8) is 0 Å². The minimum Gasteiger partial charge on any atom is -0.444 e. The predicted octanol–water partition coefficient (Wildman–Crippen LogP) is 2.51. The number of amides is 1. The normalized spacial score (nSPS) is 29.1. The molecule has 1 fully saturated rings. The van der Waals surface area contributed by atoms with Crippen LogP contribution in [0.5, 0.6) is 0 Å². The molecule has 2 aliphatic heterocycles. The van der Waals surface area contributed by atoms with Crippen molar-refractivity contribution in [3.8, 4) is 0 Å². The van der Waals surface area contributed by atoms with Gasteiger partial charge in [-0.25, -0.2) is 17.6 Å². The number of nitrogens with two attached hydrogens (primary N) is 1. The Morgan fingerprint density at radius 2 is 2.04 bits per heavy atom. The number of hydrogen-bond acceptors (Lipinski definition) is 6. The van der Waals surface area contributed by atoms with Crippen LogP contribution in [0.1, 0.15) is 46.1 Å². The zero-order valence-corrected chi connectivity index (χ0v) is 16.6. The van der Waals surface area contributed by atoms with Gasteiger partial charge in [-0.15, -0.1) is 0 Å². The molecule has 3 atom stereocenters. The number of ether oxygens (including phenoxy) is 1. The minimum absolute atomic E-state index is 0.0117. The molecule has 1 amide bonds. The molecule has 27 heavy (non-hydrogen) atoms. The van der Waals surface area contributed by atoms with E-state index in [1.165, 1.54) is 18.2 Å². The van der Waals surface area contributed by atoms with Crippen LogP contribution in [-0.4, -0.2) is 36.4 Å². The Labute approximate surface area is 158 Å². The summed E-state index contributed by atoms with van der Waals surface area (Å²) < 4.78 is 45.8. The Balaban J connectivity index is 2.08. The van der Waals surface area contributed by atoms with Crippen molar-refractivity contribution in [2.45, 2.75) is 62.2 Å². The smallest absolute Gasteiger partial charge is 0.413 e. The Kier molecular flexibility index (Phi) is 4.49. The van der Waals surface area contributed by atoms with E-state index in [9.17, 15) is 17.6 Å². The Morgan fingerprint density at radius 1 is 1.37 bits per heavy atom. The van der Waals surface area contributed by atoms with E-state index in [1.807, 2.05) is 0 Å². The van der Waals surface area contributed by atoms with E-state index in [0.717, 1.165) is 0 Å². The molecule has 0 unspecified atom stereocenters. The maximum Gasteiger partial charge on any atom is 0.413 e. The molecule has 2 bridgehead atoms. The number of aliphatic imine (C=N–C) groups is 1. The highest BCUT2D eigenvalue weighted by molar-refractivity contribution is 7.93. The molecule has 0 saturated carbocycles. The summed E-state index contributed by atoms with van der Waals surface area (Å²) in [7, 11) is -3.66. The van der Waals surface area contributed by atoms with Crippen LogP contribution in [0, 0.1) is 5.82 Å². The summed E-state index contributed by atoms with van der Waals surface area (Å²) in [5.41, 5.74) is 4.05. The van der Waals surface area contributed by atoms with Crippen molar-refractivity contribution in [1.82, 2.24) is 5.32 Å². The largest absolute Gasteiger partial charge is 0.444 e. The summed E-state index contributed by atoms with van der Waals surface area (Å²) in [6.07, 6.45) is -0.167. The number of carbonyl (C=O) groups excluding carboxylic acids is 1. The SMILES string of the molecule is CC(C)(C)OC(=O)NC1=N[C@](C)(c2cc(N)ccc2F)[C@H]2CC[C@@H]1S2(=O)=O. The van der Waals surface area contributed by atoms with E-state index in [1.54, 1.807) is 27.7 Å². The van der Waals surface area contributed by atoms with Gasteiger partial charge in [-0.1, -0.05) is 0 Å². The first-order valence-corrected chi connectivity index (χ1v) is 10.3. The summed E-state index contributed by atoms with van der Waals surface area (Å²) in [5, 5.41) is 0.671. The van der Waals surface area contributed by atoms with Crippen LogP contribution in [0.2, 0.25) is 0 Å². The molecule has 148 valence electrons. The number of halogens is 1. The third kappa shape index (κ3) is 3.40. The van der Waals surface area contributed by atoms with Gasteiger partial charge in [0.05, 0.1) is 5.25 Å². The number of nitrogen functional groups attached to an aromatic ring is 1. The van der Waals surface area contributed by atoms with Crippen LogP contribution in [0.15, 0.2) is 23.2 Å². The number of fused-ring (bicyclic) bond motifs is 2. The van der Waals surface area contributed by atoms with Crippen molar-refractivity contribution >= 4 is 27.5 Å². The molecule has 3 N–H and O–H groups in total. The van der Waals surface area contributed by atoms with Crippen LogP contribution in [0.3, 0.4) is 0 Å². The number of amidine groups is 1. The molecule has 1 aromatic carbocycles. The molecular weight excluding hydrogens is 373 g/mol. The van der Waals surface area contributed by atoms with E-state index in [0.29, 0.717) is 18.5 Å². The molecular formula is C18H24FN3O4S. The highest BCUT2D eigenvalue weighted by Crippen LogP contribution is 2.47. The third-order valence-corrected chi connectivity index (χ3v) is 7.67. The molecule has 3 rings (SSSR count). The van der Waals surface area contributed by atoms with Gasteiger partial charge >= 0.3 is 6.09 Å². The maximum atomic E-state index is 14.6. The van der Waals surface area contributed by atoms with E-state index in [4.69, 9.17) is 10.5 Å². The molecule has 1 saturated heterocycles. The van der Waals surface area contributed by atoms with Gasteiger partial charge < -0.3 is 10.5 Å². The molecule has 0 aromatic heterocycles. The first-order chi connectivity index (χ1) is 12.3. The number of nitrogens with zero attached hydrogens (tertiary/aromatic N) is 1. The molecule has 0 radical (unpaired) electrons. The number of hydrogen-bond donors (Lipinski definition) is 2. The molecule has 0 aliphatic carbocycles. The molecule has 2 aliphatic rings. The van der Waals surface area contributed by atoms with Crippen molar-refractivity contribution in [2.24, 2.45) is 4.99 Å². The summed E-state index contributed by atoms with van der Waals surface area (Å²) in [6.45, 7) is 6.66. The number of sulfone groups is 1. The summed E-state index contributed by atoms with van der Waals surface area (Å²) in [5.74, 6) is -0.602. The second-order valence-corrected chi connectivity index (χ2v) is 10.5. The van der Waals surface area contributed by atoms with Gasteiger partial charge in [0.25, 0.3) is 0 Å². The Morgan fingerprint density at radius 3 is 2.67 bits per heavy atom. The second-order valence-electron chi connectivity index (χ2n) is 8.15. The van der Waals surface area contributed by atoms with E-state index in [-0.39, 0.29) is 11.4 Å². The molecule has 1 aromatic rings. The lowest BCUT2D eigenvalue weighted by atomic mass is 9.87. The lowest BCUT2D eigenvalue weighted by Gasteiger charge is -2.37. The van der Waals surface area contributed by atoms with Crippen molar-refractivity contribution < 1.29 is 22.3 Å². The predicted molar refractivity (Wildman–Crippen MR) is 101 cm³/mol. The summed E-state index contributed by atoms with van der Waals surface area (Å²) >= 11 is 0. The van der Waals surface area contributed by atoms with Gasteiger partial charge in [0.15, 0.2) is 9.84 Å². The number of rotatable bonds is 1. The Hall–Kier alpha value is -2.16. The Bertz CT molecular complexity index is 923. The fourth-order valence-electron chi connectivity index (χ4n) is 3.80. The number of anilines is 1. The quantitative estimate of drug-likeness (QED) is 0.708. The fraction of sp³-hybridized carbons (Fsp3) is 0.556. The summed E-state index contributed by atoms with van der Waals surface area (Å²) in [4.78, 5) is 16.7. The van der Waals surface area contributed by atoms with Crippen molar-refractivity contribution in [1.29, 1.82) is 0 Å². The van der Waals surface area contributed by atoms with Crippen molar-refractivity contribution in [2.75, 3.05) is 5.73 Å². The lowest BCUT2D eigenvalue weighted by molar-refractivity contribution is 0.0562. The first-order valence-electron chi connectivity index (χ1n) is 8.72. The topological polar surface area (TPSA) is 111 Å². The van der Waals surface area contributed by atoms with Crippen LogP contribution in [0.4, 0.5) is 14.9 Å². The zero-order valence-electron chi connectivity index (χ0n) is 15.7. The number of nitrogens with one attached hydrogen (secondary N) is 1. The second kappa shape index (κ2) is 6.19. The average Bonchev–Trinajstić information content (AvgIpc) is 2.72. The van der Waals surface area contributed by atoms with Crippen molar-refractivity contribution in [3.05, 3.63) is 29.6 Å². The van der Waals surface area contributed by atoms with Crippen LogP contribution >= 0.6 is 0 Å². The van der Waals surface area contributed by atoms with Gasteiger partial charge in [-0.05, 0) is 58.7 Å². The van der Waals surface area contributed by atoms with Gasteiger partial charge in [0.1, 0.15) is 28.0 Å². The number of carbonyl (C=O) groups is 1. The maximum absolute atomic E-state index is 14.6. The fourth-order valence-corrected chi connectivity index (χ4v) is 6.37. The zero-order chi connectivity index (χ0) is 20.2. The van der Waals surface area contributed by atoms with E-state index >= 15 is 0 Å². The van der Waals surface area contributed by atoms with Gasteiger partial charge in [-0.2, -0.15) is 0 Å². The number of alkyl carbamates (subject to hydrolysis) is 1. The standard InChI is InChI=1S/C18H24FN3O4S/c1-17(2,3)26-16(23)21-15-13-7-8-14(27(13,24)25)18(4,22-15)11-9-10(20)5-6-12(11)19/h5-6,9,13-14H,7-8,20H2,1-4H3,(H,21,22,23)/t13-,14+,18+/m0/s1. The van der Waals surface area contributed by atoms with Gasteiger partial charge in [0.2, 0.25) is 0 Å². The van der Waals surface area contributed by atoms with Gasteiger partial charge in [-0.3, -0.25) is 10.3 Å². The monoisotopic (exact) mass is 397 g/mol. The molecule has 7 nitrogen and oxygen atoms in total. The molecule has 0 spiro atoms. The lowest BCUT2D eigenvalue weighted by Crippen LogP contribution is -2.52. The molecule has 9 heteroatoms. The van der Waals surface area contributed by atoms with E-state index < -0.39 is 43.4 Å². The first kappa shape index (κ1) is 19.6. The molecule has 2 heterocycles. The van der Waals surface area contributed by atoms with Crippen LogP contribution in [-0.2, 0) is 20.1 Å². The average molecular weight is 397 g/mol. The third-order valence-electron chi connectivity index (χ3n) is 4.93. The highest BCUT2D eigenvalue weighted by atomic mass is 32.2. The number of benzene rings is 1.